The van der Waals surface area contributed by atoms with E-state index in [4.69, 9.17) is 9.47 Å². The fourth-order valence-electron chi connectivity index (χ4n) is 2.89. The molecule has 29 heavy (non-hydrogen) atoms. The van der Waals surface area contributed by atoms with Crippen LogP contribution in [0.1, 0.15) is 26.3 Å². The number of carbonyl (C=O) groups is 1. The lowest BCUT2D eigenvalue weighted by Gasteiger charge is -2.28. The number of nitrogens with zero attached hydrogens (tertiary/aromatic N) is 1. The summed E-state index contributed by atoms with van der Waals surface area (Å²) in [4.78, 5) is 12.7. The molecule has 0 spiro atoms. The molecular weight excluding hydrogens is 392 g/mol. The molecule has 0 fully saturated rings. The van der Waals surface area contributed by atoms with Gasteiger partial charge in [0, 0.05) is 12.6 Å². The Morgan fingerprint density at radius 3 is 2.34 bits per heavy atom. The topological polar surface area (TPSA) is 84.9 Å². The Bertz CT molecular complexity index is 944. The SMILES string of the molecule is COc1cccc(N(C(C)C(=O)NCc2cccc(OC(C)C)c2)S(C)(=O)=O)c1. The summed E-state index contributed by atoms with van der Waals surface area (Å²) in [5.74, 6) is 0.813. The quantitative estimate of drug-likeness (QED) is 0.674. The average Bonchev–Trinajstić information content (AvgIpc) is 2.65. The standard InChI is InChI=1S/C21H28N2O5S/c1-15(2)28-20-11-6-8-17(12-20)14-22-21(24)16(3)23(29(5,25)26)18-9-7-10-19(13-18)27-4/h6-13,15-16H,14H2,1-5H3,(H,22,24). The second-order valence-electron chi connectivity index (χ2n) is 6.97. The van der Waals surface area contributed by atoms with Crippen LogP contribution in [-0.4, -0.2) is 39.8 Å². The van der Waals surface area contributed by atoms with Crippen LogP contribution in [0.4, 0.5) is 5.69 Å². The maximum Gasteiger partial charge on any atom is 0.243 e. The fourth-order valence-corrected chi connectivity index (χ4v) is 4.06. The number of ether oxygens (including phenoxy) is 2. The minimum Gasteiger partial charge on any atom is -0.497 e. The van der Waals surface area contributed by atoms with Crippen LogP contribution in [0, 0.1) is 0 Å². The predicted octanol–water partition coefficient (Wildman–Crippen LogP) is 2.95. The van der Waals surface area contributed by atoms with E-state index >= 15 is 0 Å². The van der Waals surface area contributed by atoms with Gasteiger partial charge in [-0.25, -0.2) is 8.42 Å². The molecule has 2 aromatic carbocycles. The smallest absolute Gasteiger partial charge is 0.243 e. The van der Waals surface area contributed by atoms with Gasteiger partial charge in [0.05, 0.1) is 25.2 Å². The van der Waals surface area contributed by atoms with Crippen LogP contribution < -0.4 is 19.1 Å². The summed E-state index contributed by atoms with van der Waals surface area (Å²) in [5.41, 5.74) is 1.22. The highest BCUT2D eigenvalue weighted by molar-refractivity contribution is 7.92. The molecule has 0 aliphatic rings. The number of hydrogen-bond donors (Lipinski definition) is 1. The lowest BCUT2D eigenvalue weighted by Crippen LogP contribution is -2.47. The average molecular weight is 421 g/mol. The normalized spacial score (nSPS) is 12.3. The monoisotopic (exact) mass is 420 g/mol. The van der Waals surface area contributed by atoms with Crippen LogP contribution in [0.3, 0.4) is 0 Å². The molecule has 0 aliphatic heterocycles. The number of benzene rings is 2. The molecule has 0 aliphatic carbocycles. The Morgan fingerprint density at radius 1 is 1.07 bits per heavy atom. The van der Waals surface area contributed by atoms with Gasteiger partial charge in [-0.05, 0) is 50.6 Å². The molecule has 1 amide bonds. The number of carbonyl (C=O) groups excluding carboxylic acids is 1. The van der Waals surface area contributed by atoms with Gasteiger partial charge in [-0.2, -0.15) is 0 Å². The third kappa shape index (κ3) is 6.39. The molecule has 0 saturated heterocycles. The van der Waals surface area contributed by atoms with Gasteiger partial charge in [-0.15, -0.1) is 0 Å². The highest BCUT2D eigenvalue weighted by atomic mass is 32.2. The Morgan fingerprint density at radius 2 is 1.72 bits per heavy atom. The molecule has 1 N–H and O–H groups in total. The van der Waals surface area contributed by atoms with Crippen molar-refractivity contribution < 1.29 is 22.7 Å². The van der Waals surface area contributed by atoms with Gasteiger partial charge in [0.25, 0.3) is 0 Å². The molecule has 7 nitrogen and oxygen atoms in total. The summed E-state index contributed by atoms with van der Waals surface area (Å²) in [6, 6.07) is 13.1. The van der Waals surface area contributed by atoms with E-state index in [1.807, 2.05) is 38.1 Å². The summed E-state index contributed by atoms with van der Waals surface area (Å²) >= 11 is 0. The molecule has 0 bridgehead atoms. The number of amides is 1. The number of nitrogens with one attached hydrogen (secondary N) is 1. The third-order valence-electron chi connectivity index (χ3n) is 4.13. The van der Waals surface area contributed by atoms with Gasteiger partial charge in [0.1, 0.15) is 17.5 Å². The van der Waals surface area contributed by atoms with Crippen LogP contribution in [0.15, 0.2) is 48.5 Å². The number of anilines is 1. The van der Waals surface area contributed by atoms with Crippen molar-refractivity contribution in [2.75, 3.05) is 17.7 Å². The largest absolute Gasteiger partial charge is 0.497 e. The van der Waals surface area contributed by atoms with E-state index in [1.54, 1.807) is 31.2 Å². The Balaban J connectivity index is 2.15. The fraction of sp³-hybridized carbons (Fsp3) is 0.381. The van der Waals surface area contributed by atoms with Crippen molar-refractivity contribution in [3.8, 4) is 11.5 Å². The van der Waals surface area contributed by atoms with Crippen molar-refractivity contribution in [2.24, 2.45) is 0 Å². The zero-order chi connectivity index (χ0) is 21.6. The molecule has 0 aromatic heterocycles. The number of sulfonamides is 1. The van der Waals surface area contributed by atoms with Crippen molar-refractivity contribution in [1.82, 2.24) is 5.32 Å². The van der Waals surface area contributed by atoms with Crippen LogP contribution in [0.25, 0.3) is 0 Å². The first-order chi connectivity index (χ1) is 13.6. The van der Waals surface area contributed by atoms with Gasteiger partial charge in [0.2, 0.25) is 15.9 Å². The lowest BCUT2D eigenvalue weighted by atomic mass is 10.2. The van der Waals surface area contributed by atoms with Crippen LogP contribution in [-0.2, 0) is 21.4 Å². The molecular formula is C21H28N2O5S. The van der Waals surface area contributed by atoms with Gasteiger partial charge in [-0.1, -0.05) is 18.2 Å². The van der Waals surface area contributed by atoms with E-state index < -0.39 is 22.0 Å². The van der Waals surface area contributed by atoms with Crippen molar-refractivity contribution >= 4 is 21.6 Å². The molecule has 0 radical (unpaired) electrons. The van der Waals surface area contributed by atoms with Gasteiger partial charge >= 0.3 is 0 Å². The summed E-state index contributed by atoms with van der Waals surface area (Å²) in [6.45, 7) is 5.69. The molecule has 0 saturated carbocycles. The molecule has 2 rings (SSSR count). The zero-order valence-corrected chi connectivity index (χ0v) is 18.2. The molecule has 1 atom stereocenters. The van der Waals surface area contributed by atoms with Gasteiger partial charge in [0.15, 0.2) is 0 Å². The minimum atomic E-state index is -3.69. The van der Waals surface area contributed by atoms with Crippen LogP contribution in [0.2, 0.25) is 0 Å². The van der Waals surface area contributed by atoms with Crippen molar-refractivity contribution in [3.63, 3.8) is 0 Å². The van der Waals surface area contributed by atoms with E-state index in [9.17, 15) is 13.2 Å². The van der Waals surface area contributed by atoms with E-state index in [0.29, 0.717) is 17.2 Å². The van der Waals surface area contributed by atoms with Crippen molar-refractivity contribution in [2.45, 2.75) is 39.5 Å². The Hall–Kier alpha value is -2.74. The highest BCUT2D eigenvalue weighted by Gasteiger charge is 2.29. The third-order valence-corrected chi connectivity index (χ3v) is 5.37. The number of methoxy groups -OCH3 is 1. The number of hydrogen-bond acceptors (Lipinski definition) is 5. The van der Waals surface area contributed by atoms with E-state index in [1.165, 1.54) is 7.11 Å². The van der Waals surface area contributed by atoms with Crippen molar-refractivity contribution in [3.05, 3.63) is 54.1 Å². The Kier molecular flexibility index (Phi) is 7.50. The maximum atomic E-state index is 12.7. The highest BCUT2D eigenvalue weighted by Crippen LogP contribution is 2.25. The summed E-state index contributed by atoms with van der Waals surface area (Å²) in [7, 11) is -2.20. The van der Waals surface area contributed by atoms with Crippen LogP contribution in [0.5, 0.6) is 11.5 Å². The second kappa shape index (κ2) is 9.65. The first-order valence-electron chi connectivity index (χ1n) is 9.28. The summed E-state index contributed by atoms with van der Waals surface area (Å²) in [5, 5.41) is 2.80. The van der Waals surface area contributed by atoms with Crippen molar-refractivity contribution in [1.29, 1.82) is 0 Å². The van der Waals surface area contributed by atoms with E-state index in [2.05, 4.69) is 5.32 Å². The van der Waals surface area contributed by atoms with Gasteiger partial charge < -0.3 is 14.8 Å². The second-order valence-corrected chi connectivity index (χ2v) is 8.83. The zero-order valence-electron chi connectivity index (χ0n) is 17.4. The van der Waals surface area contributed by atoms with Gasteiger partial charge in [-0.3, -0.25) is 9.10 Å². The first kappa shape index (κ1) is 22.5. The molecule has 158 valence electrons. The Labute approximate surface area is 172 Å². The summed E-state index contributed by atoms with van der Waals surface area (Å²) < 4.78 is 36.7. The molecule has 1 unspecified atom stereocenters. The molecule has 8 heteroatoms. The maximum absolute atomic E-state index is 12.7. The predicted molar refractivity (Wildman–Crippen MR) is 114 cm³/mol. The summed E-state index contributed by atoms with van der Waals surface area (Å²) in [6.07, 6.45) is 1.12. The molecule has 2 aromatic rings. The number of rotatable bonds is 9. The first-order valence-corrected chi connectivity index (χ1v) is 11.1. The van der Waals surface area contributed by atoms with E-state index in [0.717, 1.165) is 16.1 Å². The minimum absolute atomic E-state index is 0.0473. The van der Waals surface area contributed by atoms with Crippen LogP contribution >= 0.6 is 0 Å². The molecule has 0 heterocycles. The lowest BCUT2D eigenvalue weighted by molar-refractivity contribution is -0.122. The van der Waals surface area contributed by atoms with E-state index in [-0.39, 0.29) is 12.6 Å².